The second kappa shape index (κ2) is 7.84. The largest absolute Gasteiger partial charge is 0.494 e. The molecule has 0 saturated carbocycles. The highest BCUT2D eigenvalue weighted by atomic mass is 35.5. The van der Waals surface area contributed by atoms with E-state index in [0.717, 1.165) is 22.4 Å². The fourth-order valence-corrected chi connectivity index (χ4v) is 2.57. The number of rotatable bonds is 6. The number of para-hydroxylation sites is 1. The zero-order valence-electron chi connectivity index (χ0n) is 13.4. The van der Waals surface area contributed by atoms with E-state index in [1.165, 1.54) is 0 Å². The van der Waals surface area contributed by atoms with Crippen LogP contribution in [0.25, 0.3) is 11.1 Å². The average molecular weight is 340 g/mol. The summed E-state index contributed by atoms with van der Waals surface area (Å²) < 4.78 is 11.3. The van der Waals surface area contributed by atoms with Crippen LogP contribution in [-0.2, 0) is 6.61 Å². The molecule has 1 aromatic heterocycles. The van der Waals surface area contributed by atoms with Crippen molar-refractivity contribution in [2.24, 2.45) is 0 Å². The third-order valence-electron chi connectivity index (χ3n) is 3.50. The van der Waals surface area contributed by atoms with Gasteiger partial charge >= 0.3 is 0 Å². The van der Waals surface area contributed by atoms with Gasteiger partial charge in [-0.2, -0.15) is 0 Å². The van der Waals surface area contributed by atoms with Crippen molar-refractivity contribution < 1.29 is 9.47 Å². The summed E-state index contributed by atoms with van der Waals surface area (Å²) in [7, 11) is 0. The van der Waals surface area contributed by atoms with Crippen molar-refractivity contribution in [1.82, 2.24) is 4.98 Å². The summed E-state index contributed by atoms with van der Waals surface area (Å²) in [5.41, 5.74) is 3.07. The van der Waals surface area contributed by atoms with E-state index >= 15 is 0 Å². The van der Waals surface area contributed by atoms with E-state index in [0.29, 0.717) is 24.0 Å². The Morgan fingerprint density at radius 3 is 2.62 bits per heavy atom. The molecule has 0 N–H and O–H groups in total. The Morgan fingerprint density at radius 2 is 1.79 bits per heavy atom. The molecule has 0 atom stereocenters. The quantitative estimate of drug-likeness (QED) is 0.604. The van der Waals surface area contributed by atoms with Crippen LogP contribution < -0.4 is 9.47 Å². The number of nitrogens with zero attached hydrogens (tertiary/aromatic N) is 1. The Kier molecular flexibility index (Phi) is 5.34. The zero-order chi connectivity index (χ0) is 16.8. The maximum atomic E-state index is 6.11. The van der Waals surface area contributed by atoms with Crippen molar-refractivity contribution in [1.29, 1.82) is 0 Å². The molecule has 0 spiro atoms. The topological polar surface area (TPSA) is 31.4 Å². The van der Waals surface area contributed by atoms with Crippen LogP contribution in [0.15, 0.2) is 67.0 Å². The average Bonchev–Trinajstić information content (AvgIpc) is 2.62. The van der Waals surface area contributed by atoms with Crippen LogP contribution in [-0.4, -0.2) is 11.6 Å². The van der Waals surface area contributed by atoms with Crippen LogP contribution in [0.1, 0.15) is 12.5 Å². The molecular formula is C20H18ClNO2. The molecule has 3 aromatic rings. The van der Waals surface area contributed by atoms with Gasteiger partial charge in [0.15, 0.2) is 0 Å². The number of pyridine rings is 1. The van der Waals surface area contributed by atoms with Gasteiger partial charge < -0.3 is 9.47 Å². The Hall–Kier alpha value is -2.52. The molecule has 0 fully saturated rings. The molecule has 1 heterocycles. The van der Waals surface area contributed by atoms with Gasteiger partial charge in [-0.05, 0) is 42.8 Å². The van der Waals surface area contributed by atoms with E-state index in [2.05, 4.69) is 11.1 Å². The SMILES string of the molecule is CCOc1cccc(-c2cncc(COc3ccccc3Cl)c2)c1. The number of aromatic nitrogens is 1. The lowest BCUT2D eigenvalue weighted by atomic mass is 10.1. The first-order valence-electron chi connectivity index (χ1n) is 7.81. The van der Waals surface area contributed by atoms with Crippen LogP contribution >= 0.6 is 11.6 Å². The van der Waals surface area contributed by atoms with Gasteiger partial charge in [0.05, 0.1) is 11.6 Å². The molecule has 0 bridgehead atoms. The molecular weight excluding hydrogens is 322 g/mol. The Balaban J connectivity index is 1.77. The molecule has 0 aliphatic rings. The minimum atomic E-state index is 0.412. The maximum absolute atomic E-state index is 6.11. The second-order valence-corrected chi connectivity index (χ2v) is 5.67. The summed E-state index contributed by atoms with van der Waals surface area (Å²) in [6.07, 6.45) is 3.64. The summed E-state index contributed by atoms with van der Waals surface area (Å²) in [5, 5.41) is 0.603. The first-order valence-corrected chi connectivity index (χ1v) is 8.18. The molecule has 24 heavy (non-hydrogen) atoms. The predicted octanol–water partition coefficient (Wildman–Crippen LogP) is 5.38. The van der Waals surface area contributed by atoms with Crippen molar-refractivity contribution in [3.63, 3.8) is 0 Å². The lowest BCUT2D eigenvalue weighted by Crippen LogP contribution is -1.97. The van der Waals surface area contributed by atoms with E-state index < -0.39 is 0 Å². The lowest BCUT2D eigenvalue weighted by molar-refractivity contribution is 0.306. The van der Waals surface area contributed by atoms with Crippen molar-refractivity contribution in [2.45, 2.75) is 13.5 Å². The predicted molar refractivity (Wildman–Crippen MR) is 96.6 cm³/mol. The smallest absolute Gasteiger partial charge is 0.138 e. The summed E-state index contributed by atoms with van der Waals surface area (Å²) in [6, 6.07) is 17.5. The monoisotopic (exact) mass is 339 g/mol. The van der Waals surface area contributed by atoms with E-state index in [-0.39, 0.29) is 0 Å². The molecule has 0 aliphatic carbocycles. The molecule has 3 rings (SSSR count). The molecule has 0 unspecified atom stereocenters. The van der Waals surface area contributed by atoms with Crippen LogP contribution in [0.3, 0.4) is 0 Å². The molecule has 0 radical (unpaired) electrons. The standard InChI is InChI=1S/C20H18ClNO2/c1-2-23-18-7-5-6-16(11-18)17-10-15(12-22-13-17)14-24-20-9-4-3-8-19(20)21/h3-13H,2,14H2,1H3. The van der Waals surface area contributed by atoms with Crippen molar-refractivity contribution in [3.8, 4) is 22.6 Å². The molecule has 0 aliphatic heterocycles. The Bertz CT molecular complexity index is 820. The Morgan fingerprint density at radius 1 is 0.917 bits per heavy atom. The van der Waals surface area contributed by atoms with E-state index in [1.54, 1.807) is 6.20 Å². The van der Waals surface area contributed by atoms with Crippen molar-refractivity contribution >= 4 is 11.6 Å². The van der Waals surface area contributed by atoms with Gasteiger partial charge in [-0.1, -0.05) is 35.9 Å². The number of benzene rings is 2. The fraction of sp³-hybridized carbons (Fsp3) is 0.150. The third-order valence-corrected chi connectivity index (χ3v) is 3.82. The molecule has 3 nitrogen and oxygen atoms in total. The highest BCUT2D eigenvalue weighted by Crippen LogP contribution is 2.26. The van der Waals surface area contributed by atoms with Gasteiger partial charge in [-0.15, -0.1) is 0 Å². The minimum absolute atomic E-state index is 0.412. The van der Waals surface area contributed by atoms with E-state index in [9.17, 15) is 0 Å². The molecule has 0 saturated heterocycles. The molecule has 2 aromatic carbocycles. The van der Waals surface area contributed by atoms with E-state index in [4.69, 9.17) is 21.1 Å². The van der Waals surface area contributed by atoms with Gasteiger partial charge in [-0.25, -0.2) is 0 Å². The zero-order valence-corrected chi connectivity index (χ0v) is 14.2. The van der Waals surface area contributed by atoms with E-state index in [1.807, 2.05) is 61.7 Å². The first kappa shape index (κ1) is 16.3. The summed E-state index contributed by atoms with van der Waals surface area (Å²) >= 11 is 6.11. The van der Waals surface area contributed by atoms with Crippen LogP contribution in [0, 0.1) is 0 Å². The van der Waals surface area contributed by atoms with Gasteiger partial charge in [0, 0.05) is 23.5 Å². The summed E-state index contributed by atoms with van der Waals surface area (Å²) in [6.45, 7) is 3.03. The second-order valence-electron chi connectivity index (χ2n) is 5.26. The van der Waals surface area contributed by atoms with Gasteiger partial charge in [-0.3, -0.25) is 4.98 Å². The molecule has 122 valence electrons. The number of halogens is 1. The maximum Gasteiger partial charge on any atom is 0.138 e. The fourth-order valence-electron chi connectivity index (χ4n) is 2.38. The van der Waals surface area contributed by atoms with Gasteiger partial charge in [0.1, 0.15) is 18.1 Å². The van der Waals surface area contributed by atoms with Gasteiger partial charge in [0.2, 0.25) is 0 Å². The Labute approximate surface area is 146 Å². The van der Waals surface area contributed by atoms with Gasteiger partial charge in [0.25, 0.3) is 0 Å². The summed E-state index contributed by atoms with van der Waals surface area (Å²) in [4.78, 5) is 4.32. The van der Waals surface area contributed by atoms with Crippen LogP contribution in [0.4, 0.5) is 0 Å². The normalized spacial score (nSPS) is 10.4. The molecule has 0 amide bonds. The van der Waals surface area contributed by atoms with Crippen LogP contribution in [0.5, 0.6) is 11.5 Å². The van der Waals surface area contributed by atoms with Crippen molar-refractivity contribution in [2.75, 3.05) is 6.61 Å². The molecule has 4 heteroatoms. The number of hydrogen-bond acceptors (Lipinski definition) is 3. The highest BCUT2D eigenvalue weighted by molar-refractivity contribution is 6.32. The van der Waals surface area contributed by atoms with Crippen molar-refractivity contribution in [3.05, 3.63) is 77.6 Å². The highest BCUT2D eigenvalue weighted by Gasteiger charge is 2.04. The van der Waals surface area contributed by atoms with Crippen LogP contribution in [0.2, 0.25) is 5.02 Å². The third kappa shape index (κ3) is 4.06. The number of hydrogen-bond donors (Lipinski definition) is 0. The summed E-state index contributed by atoms with van der Waals surface area (Å²) in [5.74, 6) is 1.52. The first-order chi connectivity index (χ1) is 11.8. The minimum Gasteiger partial charge on any atom is -0.494 e. The number of ether oxygens (including phenoxy) is 2. The lowest BCUT2D eigenvalue weighted by Gasteiger charge is -2.10.